The third kappa shape index (κ3) is 4.01. The van der Waals surface area contributed by atoms with Crippen molar-refractivity contribution in [1.29, 1.82) is 0 Å². The lowest BCUT2D eigenvalue weighted by atomic mass is 9.96. The van der Waals surface area contributed by atoms with Gasteiger partial charge in [-0.15, -0.1) is 0 Å². The molecule has 8 nitrogen and oxygen atoms in total. The summed E-state index contributed by atoms with van der Waals surface area (Å²) in [6.07, 6.45) is 1.96. The van der Waals surface area contributed by atoms with Crippen LogP contribution in [0.25, 0.3) is 5.65 Å². The predicted molar refractivity (Wildman–Crippen MR) is 93.1 cm³/mol. The van der Waals surface area contributed by atoms with Crippen molar-refractivity contribution in [1.82, 2.24) is 20.0 Å². The number of hydrogen-bond acceptors (Lipinski definition) is 4. The number of nitrogens with zero attached hydrogens (tertiary/aromatic N) is 2. The smallest absolute Gasteiger partial charge is 0.405 e. The second kappa shape index (κ2) is 7.00. The summed E-state index contributed by atoms with van der Waals surface area (Å²) in [4.78, 5) is 27.9. The minimum Gasteiger partial charge on any atom is -0.504 e. The predicted octanol–water partition coefficient (Wildman–Crippen LogP) is 2.21. The van der Waals surface area contributed by atoms with Crippen molar-refractivity contribution in [3.05, 3.63) is 29.2 Å². The number of carboxylic acid groups (broad SMARTS) is 1. The van der Waals surface area contributed by atoms with E-state index in [1.165, 1.54) is 0 Å². The Morgan fingerprint density at radius 1 is 1.36 bits per heavy atom. The molecule has 2 aromatic heterocycles. The molecule has 0 aliphatic heterocycles. The highest BCUT2D eigenvalue weighted by Crippen LogP contribution is 2.22. The van der Waals surface area contributed by atoms with Gasteiger partial charge in [0.1, 0.15) is 5.69 Å². The highest BCUT2D eigenvalue weighted by atomic mass is 16.4. The molecule has 0 bridgehead atoms. The first-order chi connectivity index (χ1) is 11.7. The SMILES string of the molecule is CCCC(C)(CNC(=O)c1c(C)nc2c(O)cc(C)cn12)NC(=O)O. The minimum atomic E-state index is -1.13. The van der Waals surface area contributed by atoms with E-state index in [-0.39, 0.29) is 18.2 Å². The van der Waals surface area contributed by atoms with E-state index in [9.17, 15) is 14.7 Å². The van der Waals surface area contributed by atoms with E-state index in [0.717, 1.165) is 12.0 Å². The molecule has 136 valence electrons. The Hall–Kier alpha value is -2.77. The van der Waals surface area contributed by atoms with Gasteiger partial charge in [0.15, 0.2) is 11.4 Å². The van der Waals surface area contributed by atoms with Crippen LogP contribution >= 0.6 is 0 Å². The number of fused-ring (bicyclic) bond motifs is 1. The third-order valence-corrected chi connectivity index (χ3v) is 4.08. The van der Waals surface area contributed by atoms with E-state index in [4.69, 9.17) is 5.11 Å². The second-order valence-electron chi connectivity index (χ2n) is 6.57. The third-order valence-electron chi connectivity index (χ3n) is 4.08. The van der Waals surface area contributed by atoms with Crippen LogP contribution in [-0.4, -0.2) is 43.7 Å². The molecule has 2 heterocycles. The quantitative estimate of drug-likeness (QED) is 0.639. The Bertz CT molecular complexity index is 815. The summed E-state index contributed by atoms with van der Waals surface area (Å²) in [5, 5.41) is 24.3. The van der Waals surface area contributed by atoms with E-state index in [1.54, 1.807) is 30.5 Å². The van der Waals surface area contributed by atoms with Crippen molar-refractivity contribution in [3.63, 3.8) is 0 Å². The summed E-state index contributed by atoms with van der Waals surface area (Å²) in [5.74, 6) is -0.366. The molecule has 0 radical (unpaired) electrons. The van der Waals surface area contributed by atoms with Gasteiger partial charge in [-0.2, -0.15) is 0 Å². The number of imidazole rings is 1. The molecule has 2 rings (SSSR count). The summed E-state index contributed by atoms with van der Waals surface area (Å²) in [5.41, 5.74) is 1.15. The normalized spacial score (nSPS) is 13.4. The second-order valence-corrected chi connectivity index (χ2v) is 6.57. The number of pyridine rings is 1. The van der Waals surface area contributed by atoms with Crippen LogP contribution in [0.4, 0.5) is 4.79 Å². The fourth-order valence-electron chi connectivity index (χ4n) is 3.01. The lowest BCUT2D eigenvalue weighted by molar-refractivity contribution is 0.0929. The number of amides is 2. The molecule has 2 aromatic rings. The molecule has 0 aromatic carbocycles. The number of aromatic hydroxyl groups is 1. The van der Waals surface area contributed by atoms with Crippen LogP contribution in [0.1, 0.15) is 48.4 Å². The molecular weight excluding hydrogens is 324 g/mol. The van der Waals surface area contributed by atoms with Gasteiger partial charge in [0, 0.05) is 12.7 Å². The largest absolute Gasteiger partial charge is 0.504 e. The van der Waals surface area contributed by atoms with Gasteiger partial charge in [-0.1, -0.05) is 13.3 Å². The van der Waals surface area contributed by atoms with E-state index < -0.39 is 11.6 Å². The van der Waals surface area contributed by atoms with Crippen LogP contribution in [0.3, 0.4) is 0 Å². The van der Waals surface area contributed by atoms with Crippen molar-refractivity contribution in [2.24, 2.45) is 0 Å². The molecule has 0 aliphatic rings. The Kier molecular flexibility index (Phi) is 5.20. The van der Waals surface area contributed by atoms with Crippen molar-refractivity contribution < 1.29 is 19.8 Å². The molecule has 0 fully saturated rings. The highest BCUT2D eigenvalue weighted by molar-refractivity contribution is 5.95. The van der Waals surface area contributed by atoms with Crippen LogP contribution in [0, 0.1) is 13.8 Å². The topological polar surface area (TPSA) is 116 Å². The zero-order valence-electron chi connectivity index (χ0n) is 14.9. The first kappa shape index (κ1) is 18.6. The summed E-state index contributed by atoms with van der Waals surface area (Å²) in [6.45, 7) is 7.35. The number of aryl methyl sites for hydroxylation is 2. The number of carbonyl (C=O) groups is 2. The molecular formula is C17H24N4O4. The lowest BCUT2D eigenvalue weighted by Crippen LogP contribution is -2.53. The van der Waals surface area contributed by atoms with E-state index in [0.29, 0.717) is 23.5 Å². The molecule has 2 amide bonds. The Morgan fingerprint density at radius 2 is 2.04 bits per heavy atom. The van der Waals surface area contributed by atoms with Gasteiger partial charge in [-0.05, 0) is 38.8 Å². The molecule has 0 spiro atoms. The summed E-state index contributed by atoms with van der Waals surface area (Å²) >= 11 is 0. The molecule has 0 saturated heterocycles. The van der Waals surface area contributed by atoms with Crippen LogP contribution in [0.15, 0.2) is 12.3 Å². The maximum atomic E-state index is 12.7. The molecule has 1 atom stereocenters. The van der Waals surface area contributed by atoms with Crippen molar-refractivity contribution in [3.8, 4) is 5.75 Å². The first-order valence-electron chi connectivity index (χ1n) is 8.14. The van der Waals surface area contributed by atoms with Gasteiger partial charge in [-0.3, -0.25) is 9.20 Å². The average molecular weight is 348 g/mol. The number of nitrogens with one attached hydrogen (secondary N) is 2. The molecule has 1 unspecified atom stereocenters. The standard InChI is InChI=1S/C17H24N4O4/c1-5-6-17(4,20-16(24)25)9-18-15(23)13-11(3)19-14-12(22)7-10(2)8-21(13)14/h7-8,20,22H,5-6,9H2,1-4H3,(H,18,23)(H,24,25). The molecule has 25 heavy (non-hydrogen) atoms. The Labute approximate surface area is 145 Å². The van der Waals surface area contributed by atoms with Gasteiger partial charge in [0.2, 0.25) is 0 Å². The number of aromatic nitrogens is 2. The van der Waals surface area contributed by atoms with Crippen LogP contribution < -0.4 is 10.6 Å². The maximum absolute atomic E-state index is 12.7. The Balaban J connectivity index is 2.28. The molecule has 8 heteroatoms. The van der Waals surface area contributed by atoms with Crippen molar-refractivity contribution in [2.45, 2.75) is 46.1 Å². The first-order valence-corrected chi connectivity index (χ1v) is 8.14. The molecule has 0 aliphatic carbocycles. The van der Waals surface area contributed by atoms with Gasteiger partial charge in [0.05, 0.1) is 11.2 Å². The van der Waals surface area contributed by atoms with Crippen molar-refractivity contribution in [2.75, 3.05) is 6.54 Å². The minimum absolute atomic E-state index is 0.00511. The highest BCUT2D eigenvalue weighted by Gasteiger charge is 2.27. The van der Waals surface area contributed by atoms with Gasteiger partial charge < -0.3 is 20.8 Å². The number of rotatable bonds is 6. The maximum Gasteiger partial charge on any atom is 0.405 e. The molecule has 0 saturated carbocycles. The summed E-state index contributed by atoms with van der Waals surface area (Å²) in [6, 6.07) is 1.58. The monoisotopic (exact) mass is 348 g/mol. The van der Waals surface area contributed by atoms with Gasteiger partial charge in [-0.25, -0.2) is 9.78 Å². The zero-order valence-corrected chi connectivity index (χ0v) is 14.9. The van der Waals surface area contributed by atoms with E-state index in [2.05, 4.69) is 15.6 Å². The average Bonchev–Trinajstić information content (AvgIpc) is 2.81. The lowest BCUT2D eigenvalue weighted by Gasteiger charge is -2.29. The summed E-state index contributed by atoms with van der Waals surface area (Å²) < 4.78 is 1.55. The summed E-state index contributed by atoms with van der Waals surface area (Å²) in [7, 11) is 0. The fraction of sp³-hybridized carbons (Fsp3) is 0.471. The van der Waals surface area contributed by atoms with E-state index >= 15 is 0 Å². The zero-order chi connectivity index (χ0) is 18.8. The van der Waals surface area contributed by atoms with Crippen molar-refractivity contribution >= 4 is 17.6 Å². The van der Waals surface area contributed by atoms with E-state index in [1.807, 2.05) is 13.8 Å². The number of hydrogen-bond donors (Lipinski definition) is 4. The Morgan fingerprint density at radius 3 is 2.64 bits per heavy atom. The number of carbonyl (C=O) groups excluding carboxylic acids is 1. The van der Waals surface area contributed by atoms with Crippen LogP contribution in [-0.2, 0) is 0 Å². The van der Waals surface area contributed by atoms with Gasteiger partial charge >= 0.3 is 6.09 Å². The fourth-order valence-corrected chi connectivity index (χ4v) is 3.01. The van der Waals surface area contributed by atoms with Crippen LogP contribution in [0.2, 0.25) is 0 Å². The van der Waals surface area contributed by atoms with Crippen LogP contribution in [0.5, 0.6) is 5.75 Å². The molecule has 4 N–H and O–H groups in total. The van der Waals surface area contributed by atoms with Gasteiger partial charge in [0.25, 0.3) is 5.91 Å².